The van der Waals surface area contributed by atoms with E-state index < -0.39 is 15.7 Å². The lowest BCUT2D eigenvalue weighted by Crippen LogP contribution is -2.39. The maximum atomic E-state index is 13.1. The topological polar surface area (TPSA) is 59.5 Å². The van der Waals surface area contributed by atoms with Gasteiger partial charge >= 0.3 is 5.97 Å². The van der Waals surface area contributed by atoms with E-state index in [1.165, 1.54) is 11.3 Å². The smallest absolute Gasteiger partial charge is 0.350 e. The molecule has 1 atom stereocenters. The summed E-state index contributed by atoms with van der Waals surface area (Å²) in [7, 11) is 0. The molecule has 1 aliphatic rings. The van der Waals surface area contributed by atoms with Crippen LogP contribution in [0.15, 0.2) is 0 Å². The zero-order chi connectivity index (χ0) is 18.8. The molecule has 140 valence electrons. The van der Waals surface area contributed by atoms with E-state index >= 15 is 0 Å². The van der Waals surface area contributed by atoms with Gasteiger partial charge in [0.05, 0.1) is 17.7 Å². The van der Waals surface area contributed by atoms with E-state index in [2.05, 4.69) is 11.9 Å². The fraction of sp³-hybridized carbons (Fsp3) is 0.706. The van der Waals surface area contributed by atoms with Crippen LogP contribution in [0.25, 0.3) is 0 Å². The fourth-order valence-corrected chi connectivity index (χ4v) is 4.30. The van der Waals surface area contributed by atoms with Crippen LogP contribution in [0.1, 0.15) is 61.8 Å². The lowest BCUT2D eigenvalue weighted by atomic mass is 10.1. The van der Waals surface area contributed by atoms with Crippen LogP contribution >= 0.6 is 34.5 Å². The van der Waals surface area contributed by atoms with Gasteiger partial charge in [0.25, 0.3) is 0 Å². The number of hydrogen-bond acceptors (Lipinski definition) is 5. The summed E-state index contributed by atoms with van der Waals surface area (Å²) in [4.78, 5) is 31.6. The number of rotatable bonds is 8. The van der Waals surface area contributed by atoms with Crippen LogP contribution in [-0.4, -0.2) is 34.3 Å². The lowest BCUT2D eigenvalue weighted by molar-refractivity contribution is -0.123. The number of anilines is 1. The Kier molecular flexibility index (Phi) is 6.39. The van der Waals surface area contributed by atoms with Crippen molar-refractivity contribution in [3.05, 3.63) is 10.6 Å². The van der Waals surface area contributed by atoms with Crippen LogP contribution in [0.5, 0.6) is 0 Å². The van der Waals surface area contributed by atoms with Crippen molar-refractivity contribution in [2.24, 2.45) is 5.41 Å². The van der Waals surface area contributed by atoms with Crippen LogP contribution in [0.3, 0.4) is 0 Å². The summed E-state index contributed by atoms with van der Waals surface area (Å²) in [5.41, 5.74) is -0.248. The Labute approximate surface area is 162 Å². The van der Waals surface area contributed by atoms with Crippen LogP contribution in [0, 0.1) is 12.3 Å². The minimum absolute atomic E-state index is 0.141. The van der Waals surface area contributed by atoms with E-state index in [1.807, 2.05) is 0 Å². The molecule has 1 aromatic rings. The van der Waals surface area contributed by atoms with E-state index in [1.54, 1.807) is 25.7 Å². The molecule has 1 amide bonds. The summed E-state index contributed by atoms with van der Waals surface area (Å²) in [5, 5.41) is 0.499. The highest BCUT2D eigenvalue weighted by Gasteiger charge is 2.69. The van der Waals surface area contributed by atoms with Crippen molar-refractivity contribution in [1.82, 2.24) is 4.98 Å². The molecule has 0 spiro atoms. The molecule has 0 aromatic carbocycles. The van der Waals surface area contributed by atoms with Crippen molar-refractivity contribution >= 4 is 51.5 Å². The number of nitrogens with zero attached hydrogens (tertiary/aromatic N) is 2. The molecular formula is C17H24Cl2N2O3S. The first kappa shape index (κ1) is 20.5. The number of hydrogen-bond donors (Lipinski definition) is 0. The Morgan fingerprint density at radius 2 is 1.96 bits per heavy atom. The second-order valence-electron chi connectivity index (χ2n) is 6.51. The van der Waals surface area contributed by atoms with Crippen LogP contribution < -0.4 is 4.90 Å². The lowest BCUT2D eigenvalue weighted by Gasteiger charge is -2.24. The minimum atomic E-state index is -1.04. The fourth-order valence-electron chi connectivity index (χ4n) is 2.62. The number of carbonyl (C=O) groups excluding carboxylic acids is 2. The molecule has 0 bridgehead atoms. The van der Waals surface area contributed by atoms with Gasteiger partial charge in [-0.15, -0.1) is 23.2 Å². The molecule has 0 saturated heterocycles. The second kappa shape index (κ2) is 7.80. The molecule has 25 heavy (non-hydrogen) atoms. The highest BCUT2D eigenvalue weighted by Crippen LogP contribution is 2.64. The number of aromatic nitrogens is 1. The monoisotopic (exact) mass is 406 g/mol. The predicted molar refractivity (Wildman–Crippen MR) is 102 cm³/mol. The van der Waals surface area contributed by atoms with Crippen LogP contribution in [-0.2, 0) is 9.53 Å². The summed E-state index contributed by atoms with van der Waals surface area (Å²) in [6.07, 6.45) is 3.31. The predicted octanol–water partition coefficient (Wildman–Crippen LogP) is 4.74. The van der Waals surface area contributed by atoms with Crippen molar-refractivity contribution in [3.8, 4) is 0 Å². The third kappa shape index (κ3) is 4.12. The number of esters is 1. The van der Waals surface area contributed by atoms with E-state index in [0.717, 1.165) is 19.3 Å². The van der Waals surface area contributed by atoms with Gasteiger partial charge in [-0.3, -0.25) is 9.69 Å². The summed E-state index contributed by atoms with van der Waals surface area (Å²) in [5.74, 6) is -0.552. The van der Waals surface area contributed by atoms with Crippen LogP contribution in [0.4, 0.5) is 5.13 Å². The number of ether oxygens (including phenoxy) is 1. The Morgan fingerprint density at radius 1 is 1.32 bits per heavy atom. The van der Waals surface area contributed by atoms with E-state index in [-0.39, 0.29) is 5.91 Å². The Bertz CT molecular complexity index is 662. The molecule has 5 nitrogen and oxygen atoms in total. The maximum Gasteiger partial charge on any atom is 0.350 e. The zero-order valence-corrected chi connectivity index (χ0v) is 17.4. The molecule has 1 heterocycles. The Balaban J connectivity index is 2.28. The van der Waals surface area contributed by atoms with Crippen LogP contribution in [0.2, 0.25) is 0 Å². The number of thiazole rings is 1. The molecule has 1 aromatic heterocycles. The first-order valence-electron chi connectivity index (χ1n) is 8.52. The van der Waals surface area contributed by atoms with Crippen molar-refractivity contribution in [1.29, 1.82) is 0 Å². The molecule has 0 radical (unpaired) electrons. The quantitative estimate of drug-likeness (QED) is 0.355. The van der Waals surface area contributed by atoms with Gasteiger partial charge < -0.3 is 4.74 Å². The molecule has 1 fully saturated rings. The van der Waals surface area contributed by atoms with Gasteiger partial charge in [0.15, 0.2) is 5.13 Å². The van der Waals surface area contributed by atoms with Gasteiger partial charge in [0.2, 0.25) is 5.91 Å². The van der Waals surface area contributed by atoms with E-state index in [0.29, 0.717) is 35.3 Å². The van der Waals surface area contributed by atoms with Crippen molar-refractivity contribution in [2.75, 3.05) is 18.1 Å². The number of amides is 1. The third-order valence-corrected chi connectivity index (χ3v) is 6.70. The maximum absolute atomic E-state index is 13.1. The van der Waals surface area contributed by atoms with E-state index in [4.69, 9.17) is 27.9 Å². The molecule has 1 aliphatic carbocycles. The molecule has 0 N–H and O–H groups in total. The largest absolute Gasteiger partial charge is 0.462 e. The van der Waals surface area contributed by atoms with Gasteiger partial charge in [-0.25, -0.2) is 9.78 Å². The van der Waals surface area contributed by atoms with Crippen molar-refractivity contribution < 1.29 is 14.3 Å². The highest BCUT2D eigenvalue weighted by molar-refractivity contribution is 7.17. The average molecular weight is 407 g/mol. The number of alkyl halides is 2. The van der Waals surface area contributed by atoms with Gasteiger partial charge in [-0.1, -0.05) is 31.1 Å². The molecule has 2 rings (SSSR count). The molecular weight excluding hydrogens is 383 g/mol. The number of halogens is 2. The SMILES string of the molecule is CCCCCN(C(=O)C1(C)CC1(Cl)Cl)c1nc(C)c(C(=O)OCC)s1. The molecule has 1 saturated carbocycles. The first-order chi connectivity index (χ1) is 11.7. The average Bonchev–Trinajstić information content (AvgIpc) is 2.88. The summed E-state index contributed by atoms with van der Waals surface area (Å²) in [6.45, 7) is 8.20. The van der Waals surface area contributed by atoms with Gasteiger partial charge in [-0.05, 0) is 33.6 Å². The van der Waals surface area contributed by atoms with E-state index in [9.17, 15) is 9.59 Å². The number of aryl methyl sites for hydroxylation is 1. The second-order valence-corrected chi connectivity index (χ2v) is 8.97. The highest BCUT2D eigenvalue weighted by atomic mass is 35.5. The number of unbranched alkanes of at least 4 members (excludes halogenated alkanes) is 2. The van der Waals surface area contributed by atoms with Gasteiger partial charge in [-0.2, -0.15) is 0 Å². The molecule has 1 unspecified atom stereocenters. The zero-order valence-electron chi connectivity index (χ0n) is 15.0. The van der Waals surface area contributed by atoms with Gasteiger partial charge in [0, 0.05) is 6.54 Å². The summed E-state index contributed by atoms with van der Waals surface area (Å²) >= 11 is 13.6. The standard InChI is InChI=1S/C17H24Cl2N2O3S/c1-5-7-8-9-21(14(23)16(4)10-17(16,18)19)15-20-11(3)12(25-15)13(22)24-6-2/h5-10H2,1-4H3. The summed E-state index contributed by atoms with van der Waals surface area (Å²) in [6, 6.07) is 0. The summed E-state index contributed by atoms with van der Waals surface area (Å²) < 4.78 is 4.02. The normalized spacial score (nSPS) is 21.0. The molecule has 0 aliphatic heterocycles. The Hall–Kier alpha value is -0.850. The Morgan fingerprint density at radius 3 is 2.48 bits per heavy atom. The van der Waals surface area contributed by atoms with Gasteiger partial charge in [0.1, 0.15) is 9.21 Å². The molecule has 8 heteroatoms. The number of carbonyl (C=O) groups is 2. The minimum Gasteiger partial charge on any atom is -0.462 e. The van der Waals surface area contributed by atoms with Crippen molar-refractivity contribution in [2.45, 2.75) is 57.7 Å². The third-order valence-electron chi connectivity index (χ3n) is 4.44. The first-order valence-corrected chi connectivity index (χ1v) is 10.1. The van der Waals surface area contributed by atoms with Crippen molar-refractivity contribution in [3.63, 3.8) is 0 Å².